The monoisotopic (exact) mass is 385 g/mol. The van der Waals surface area contributed by atoms with Gasteiger partial charge in [-0.1, -0.05) is 47.6 Å². The summed E-state index contributed by atoms with van der Waals surface area (Å²) in [6, 6.07) is 22.8. The molecular formula is C23H19N3OS. The number of pyridine rings is 1. The van der Waals surface area contributed by atoms with Gasteiger partial charge in [0.15, 0.2) is 0 Å². The molecule has 2 aromatic heterocycles. The normalized spacial score (nSPS) is 16.3. The number of fused-ring (bicyclic) bond motifs is 2. The zero-order valence-electron chi connectivity index (χ0n) is 15.2. The van der Waals surface area contributed by atoms with Gasteiger partial charge in [-0.3, -0.25) is 0 Å². The van der Waals surface area contributed by atoms with Gasteiger partial charge >= 0.3 is 0 Å². The van der Waals surface area contributed by atoms with Crippen LogP contribution >= 0.6 is 11.3 Å². The lowest BCUT2D eigenvalue weighted by Gasteiger charge is -2.16. The third-order valence-corrected chi connectivity index (χ3v) is 6.17. The maximum Gasteiger partial charge on any atom is 0.127 e. The summed E-state index contributed by atoms with van der Waals surface area (Å²) in [6.07, 6.45) is 2.18. The van der Waals surface area contributed by atoms with Gasteiger partial charge < -0.3 is 10.5 Å². The van der Waals surface area contributed by atoms with Crippen LogP contribution in [0.1, 0.15) is 34.0 Å². The Labute approximate surface area is 167 Å². The number of hydrogen-bond donors (Lipinski definition) is 2. The van der Waals surface area contributed by atoms with Gasteiger partial charge in [0.1, 0.15) is 11.5 Å². The lowest BCUT2D eigenvalue weighted by atomic mass is 10.0. The summed E-state index contributed by atoms with van der Waals surface area (Å²) in [5.74, 6) is 0.866. The average molecular weight is 385 g/mol. The van der Waals surface area contributed by atoms with E-state index in [9.17, 15) is 5.21 Å². The first-order valence-corrected chi connectivity index (χ1v) is 10.2. The minimum atomic E-state index is 0.296. The van der Waals surface area contributed by atoms with Crippen molar-refractivity contribution in [2.24, 2.45) is 5.16 Å². The molecule has 0 unspecified atom stereocenters. The van der Waals surface area contributed by atoms with Crippen molar-refractivity contribution in [2.45, 2.75) is 18.9 Å². The predicted octanol–water partition coefficient (Wildman–Crippen LogP) is 5.62. The predicted molar refractivity (Wildman–Crippen MR) is 115 cm³/mol. The summed E-state index contributed by atoms with van der Waals surface area (Å²) in [5.41, 5.74) is 5.13. The Bertz CT molecular complexity index is 1170. The number of thiophene rings is 1. The Balaban J connectivity index is 1.50. The van der Waals surface area contributed by atoms with Crippen LogP contribution in [0.4, 0.5) is 5.82 Å². The van der Waals surface area contributed by atoms with E-state index in [4.69, 9.17) is 4.98 Å². The van der Waals surface area contributed by atoms with Crippen LogP contribution in [-0.4, -0.2) is 15.9 Å². The summed E-state index contributed by atoms with van der Waals surface area (Å²) < 4.78 is 0. The number of benzene rings is 2. The maximum atomic E-state index is 9.61. The molecule has 2 heterocycles. The fourth-order valence-electron chi connectivity index (χ4n) is 3.98. The van der Waals surface area contributed by atoms with Gasteiger partial charge in [-0.15, -0.1) is 11.3 Å². The number of anilines is 1. The molecule has 1 atom stereocenters. The van der Waals surface area contributed by atoms with Crippen LogP contribution in [0.3, 0.4) is 0 Å². The molecule has 0 spiro atoms. The van der Waals surface area contributed by atoms with Crippen LogP contribution in [0.15, 0.2) is 77.3 Å². The third kappa shape index (κ3) is 2.94. The van der Waals surface area contributed by atoms with Gasteiger partial charge in [0, 0.05) is 10.9 Å². The molecule has 4 aromatic rings. The quantitative estimate of drug-likeness (QED) is 0.272. The Morgan fingerprint density at radius 3 is 2.82 bits per heavy atom. The van der Waals surface area contributed by atoms with Gasteiger partial charge in [0.05, 0.1) is 16.4 Å². The maximum absolute atomic E-state index is 9.61. The molecule has 0 aliphatic heterocycles. The van der Waals surface area contributed by atoms with Gasteiger partial charge in [-0.25, -0.2) is 4.98 Å². The van der Waals surface area contributed by atoms with E-state index in [1.54, 1.807) is 11.3 Å². The highest BCUT2D eigenvalue weighted by Crippen LogP contribution is 2.34. The minimum Gasteiger partial charge on any atom is -0.410 e. The van der Waals surface area contributed by atoms with Crippen LogP contribution < -0.4 is 5.32 Å². The molecule has 1 aliphatic carbocycles. The molecule has 2 N–H and O–H groups in total. The zero-order valence-corrected chi connectivity index (χ0v) is 16.0. The first-order chi connectivity index (χ1) is 13.8. The molecule has 0 saturated heterocycles. The van der Waals surface area contributed by atoms with Crippen molar-refractivity contribution in [2.75, 3.05) is 5.32 Å². The number of oxime groups is 1. The zero-order chi connectivity index (χ0) is 18.9. The molecular weight excluding hydrogens is 366 g/mol. The van der Waals surface area contributed by atoms with Gasteiger partial charge in [-0.05, 0) is 53.6 Å². The second-order valence-electron chi connectivity index (χ2n) is 6.93. The Morgan fingerprint density at radius 2 is 1.96 bits per heavy atom. The SMILES string of the molecule is O/N=C(\c1cccs1)c1cccc2nc(N[C@@H]3CCc4ccccc43)ccc12. The third-order valence-electron chi connectivity index (χ3n) is 5.30. The molecule has 138 valence electrons. The van der Waals surface area contributed by atoms with Crippen molar-refractivity contribution >= 4 is 33.8 Å². The molecule has 0 fully saturated rings. The van der Waals surface area contributed by atoms with Crippen molar-refractivity contribution < 1.29 is 5.21 Å². The summed E-state index contributed by atoms with van der Waals surface area (Å²) >= 11 is 1.55. The highest BCUT2D eigenvalue weighted by Gasteiger charge is 2.22. The Hall–Kier alpha value is -3.18. The highest BCUT2D eigenvalue weighted by atomic mass is 32.1. The van der Waals surface area contributed by atoms with Crippen LogP contribution in [0.25, 0.3) is 10.9 Å². The molecule has 0 radical (unpaired) electrons. The first kappa shape index (κ1) is 17.0. The second-order valence-corrected chi connectivity index (χ2v) is 7.88. The number of nitrogens with one attached hydrogen (secondary N) is 1. The Morgan fingerprint density at radius 1 is 1.04 bits per heavy atom. The molecule has 0 amide bonds. The van der Waals surface area contributed by atoms with Crippen molar-refractivity contribution in [3.05, 3.63) is 93.7 Å². The average Bonchev–Trinajstić information content (AvgIpc) is 3.40. The van der Waals surface area contributed by atoms with Crippen molar-refractivity contribution in [3.63, 3.8) is 0 Å². The van der Waals surface area contributed by atoms with E-state index in [0.717, 1.165) is 40.0 Å². The van der Waals surface area contributed by atoms with Crippen LogP contribution in [-0.2, 0) is 6.42 Å². The van der Waals surface area contributed by atoms with E-state index in [1.807, 2.05) is 41.8 Å². The van der Waals surface area contributed by atoms with Gasteiger partial charge in [-0.2, -0.15) is 0 Å². The second kappa shape index (κ2) is 7.09. The fraction of sp³-hybridized carbons (Fsp3) is 0.130. The number of aryl methyl sites for hydroxylation is 1. The molecule has 5 rings (SSSR count). The minimum absolute atomic E-state index is 0.296. The number of rotatable bonds is 4. The smallest absolute Gasteiger partial charge is 0.127 e. The summed E-state index contributed by atoms with van der Waals surface area (Å²) in [5, 5.41) is 19.7. The van der Waals surface area contributed by atoms with Crippen molar-refractivity contribution in [1.82, 2.24) is 4.98 Å². The molecule has 2 aromatic carbocycles. The molecule has 0 bridgehead atoms. The van der Waals surface area contributed by atoms with Crippen LogP contribution in [0, 0.1) is 0 Å². The fourth-order valence-corrected chi connectivity index (χ4v) is 4.70. The molecule has 4 nitrogen and oxygen atoms in total. The largest absolute Gasteiger partial charge is 0.410 e. The van der Waals surface area contributed by atoms with Crippen molar-refractivity contribution in [1.29, 1.82) is 0 Å². The summed E-state index contributed by atoms with van der Waals surface area (Å²) in [4.78, 5) is 5.76. The lowest BCUT2D eigenvalue weighted by molar-refractivity contribution is 0.320. The Kier molecular flexibility index (Phi) is 4.29. The van der Waals surface area contributed by atoms with E-state index in [-0.39, 0.29) is 0 Å². The molecule has 28 heavy (non-hydrogen) atoms. The number of nitrogens with zero attached hydrogens (tertiary/aromatic N) is 2. The lowest BCUT2D eigenvalue weighted by Crippen LogP contribution is -2.09. The first-order valence-electron chi connectivity index (χ1n) is 9.34. The van der Waals surface area contributed by atoms with Crippen LogP contribution in [0.2, 0.25) is 0 Å². The number of aromatic nitrogens is 1. The number of hydrogen-bond acceptors (Lipinski definition) is 5. The molecule has 1 aliphatic rings. The molecule has 5 heteroatoms. The standard InChI is InChI=1S/C23H19N3OS/c27-26-23(21-9-4-14-28-21)18-7-3-8-19-17(18)11-13-22(24-19)25-20-12-10-15-5-1-2-6-16(15)20/h1-9,11,13-14,20,27H,10,12H2,(H,24,25)/b26-23-/t20-/m1/s1. The summed E-state index contributed by atoms with van der Waals surface area (Å²) in [7, 11) is 0. The highest BCUT2D eigenvalue weighted by molar-refractivity contribution is 7.12. The summed E-state index contributed by atoms with van der Waals surface area (Å²) in [6.45, 7) is 0. The van der Waals surface area contributed by atoms with E-state index in [2.05, 4.69) is 40.8 Å². The van der Waals surface area contributed by atoms with Crippen molar-refractivity contribution in [3.8, 4) is 0 Å². The van der Waals surface area contributed by atoms with Gasteiger partial charge in [0.2, 0.25) is 0 Å². The van der Waals surface area contributed by atoms with E-state index >= 15 is 0 Å². The van der Waals surface area contributed by atoms with Crippen LogP contribution in [0.5, 0.6) is 0 Å². The van der Waals surface area contributed by atoms with E-state index in [1.165, 1.54) is 11.1 Å². The molecule has 0 saturated carbocycles. The topological polar surface area (TPSA) is 57.5 Å². The van der Waals surface area contributed by atoms with E-state index < -0.39 is 0 Å². The van der Waals surface area contributed by atoms with Gasteiger partial charge in [0.25, 0.3) is 0 Å². The van der Waals surface area contributed by atoms with E-state index in [0.29, 0.717) is 11.8 Å².